The van der Waals surface area contributed by atoms with Gasteiger partial charge < -0.3 is 4.90 Å². The molecule has 0 aromatic heterocycles. The van der Waals surface area contributed by atoms with E-state index in [0.29, 0.717) is 5.17 Å². The molecule has 120 valence electrons. The molecule has 2 N–H and O–H groups in total. The lowest BCUT2D eigenvalue weighted by molar-refractivity contribution is 0.213. The summed E-state index contributed by atoms with van der Waals surface area (Å²) in [5, 5.41) is 8.56. The number of hydrogen-bond acceptors (Lipinski definition) is 5. The summed E-state index contributed by atoms with van der Waals surface area (Å²) < 4.78 is 0. The van der Waals surface area contributed by atoms with E-state index in [1.807, 2.05) is 30.3 Å². The van der Waals surface area contributed by atoms with E-state index in [9.17, 15) is 0 Å². The maximum Gasteiger partial charge on any atom is 0.156 e. The molecular weight excluding hydrogens is 310 g/mol. The van der Waals surface area contributed by atoms with Crippen molar-refractivity contribution in [2.24, 2.45) is 5.10 Å². The molecule has 0 radical (unpaired) electrons. The average Bonchev–Trinajstić information content (AvgIpc) is 2.56. The van der Waals surface area contributed by atoms with Crippen LogP contribution in [0.25, 0.3) is 10.8 Å². The minimum absolute atomic E-state index is 0.429. The molecule has 1 heterocycles. The first-order valence-corrected chi connectivity index (χ1v) is 8.11. The van der Waals surface area contributed by atoms with Gasteiger partial charge >= 0.3 is 0 Å². The first-order valence-electron chi connectivity index (χ1n) is 7.73. The van der Waals surface area contributed by atoms with Gasteiger partial charge in [-0.2, -0.15) is 0 Å². The summed E-state index contributed by atoms with van der Waals surface area (Å²) in [7, 11) is 0. The molecule has 0 bridgehead atoms. The molecule has 0 amide bonds. The maximum atomic E-state index is 6.17. The molecule has 3 rings (SSSR count). The van der Waals surface area contributed by atoms with Crippen molar-refractivity contribution < 1.29 is 0 Å². The predicted octanol–water partition coefficient (Wildman–Crippen LogP) is 3.72. The molecule has 5 nitrogen and oxygen atoms in total. The Kier molecular flexibility index (Phi) is 4.57. The van der Waals surface area contributed by atoms with E-state index in [0.717, 1.165) is 30.0 Å². The fourth-order valence-corrected chi connectivity index (χ4v) is 2.80. The van der Waals surface area contributed by atoms with Crippen molar-refractivity contribution in [2.75, 3.05) is 18.5 Å². The zero-order chi connectivity index (χ0) is 16.2. The van der Waals surface area contributed by atoms with Crippen LogP contribution in [-0.2, 0) is 0 Å². The number of rotatable bonds is 5. The highest BCUT2D eigenvalue weighted by molar-refractivity contribution is 6.68. The molecule has 0 aliphatic carbocycles. The fraction of sp³-hybridized carbons (Fsp3) is 0.235. The minimum atomic E-state index is 0.429. The predicted molar refractivity (Wildman–Crippen MR) is 96.8 cm³/mol. The Bertz CT molecular complexity index is 746. The van der Waals surface area contributed by atoms with E-state index < -0.39 is 0 Å². The van der Waals surface area contributed by atoms with Gasteiger partial charge in [0.15, 0.2) is 5.17 Å². The second kappa shape index (κ2) is 6.79. The molecule has 0 saturated heterocycles. The second-order valence-corrected chi connectivity index (χ2v) is 5.57. The lowest BCUT2D eigenvalue weighted by Crippen LogP contribution is -2.45. The quantitative estimate of drug-likeness (QED) is 0.877. The number of hydrazine groups is 2. The van der Waals surface area contributed by atoms with Crippen LogP contribution >= 0.6 is 11.6 Å². The van der Waals surface area contributed by atoms with Crippen molar-refractivity contribution in [3.63, 3.8) is 0 Å². The Morgan fingerprint density at radius 2 is 1.87 bits per heavy atom. The number of anilines is 1. The highest BCUT2D eigenvalue weighted by atomic mass is 35.5. The van der Waals surface area contributed by atoms with Crippen LogP contribution in [0.5, 0.6) is 0 Å². The number of nitrogens with one attached hydrogen (secondary N) is 2. The lowest BCUT2D eigenvalue weighted by Gasteiger charge is -2.32. The van der Waals surface area contributed by atoms with Crippen LogP contribution < -0.4 is 10.9 Å². The fourth-order valence-electron chi connectivity index (χ4n) is 2.62. The normalized spacial score (nSPS) is 14.1. The van der Waals surface area contributed by atoms with E-state index in [1.165, 1.54) is 5.39 Å². The Hall–Kier alpha value is -2.40. The molecule has 2 aromatic carbocycles. The molecular formula is C17H20ClN5. The number of benzene rings is 2. The Morgan fingerprint density at radius 3 is 2.65 bits per heavy atom. The number of fused-ring (bicyclic) bond motifs is 1. The standard InChI is InChI=1S/C17H20ClN5/c1-3-22(4-2)17-12-16(18)20-23(21-17)19-15-11-7-9-13-8-5-6-10-14(13)15/h5-12,19,21H,3-4H2,1-2H3. The number of hydrazone groups is 1. The van der Waals surface area contributed by atoms with E-state index in [1.54, 1.807) is 5.23 Å². The van der Waals surface area contributed by atoms with Gasteiger partial charge in [-0.05, 0) is 25.3 Å². The highest BCUT2D eigenvalue weighted by Crippen LogP contribution is 2.23. The van der Waals surface area contributed by atoms with Crippen molar-refractivity contribution >= 4 is 33.2 Å². The molecule has 2 aromatic rings. The molecule has 23 heavy (non-hydrogen) atoms. The smallest absolute Gasteiger partial charge is 0.156 e. The van der Waals surface area contributed by atoms with Gasteiger partial charge in [-0.25, -0.2) is 5.43 Å². The molecule has 0 saturated carbocycles. The molecule has 1 aliphatic rings. The van der Waals surface area contributed by atoms with Crippen molar-refractivity contribution in [3.05, 3.63) is 54.4 Å². The number of halogens is 1. The SMILES string of the molecule is CCN(CC)C1=CC(Cl)=NN(Nc2cccc3ccccc23)N1. The van der Waals surface area contributed by atoms with Crippen LogP contribution in [0.3, 0.4) is 0 Å². The van der Waals surface area contributed by atoms with E-state index >= 15 is 0 Å². The largest absolute Gasteiger partial charge is 0.357 e. The maximum absolute atomic E-state index is 6.17. The van der Waals surface area contributed by atoms with Crippen molar-refractivity contribution in [1.82, 2.24) is 15.6 Å². The van der Waals surface area contributed by atoms with Crippen molar-refractivity contribution in [3.8, 4) is 0 Å². The number of nitrogens with zero attached hydrogens (tertiary/aromatic N) is 3. The Balaban J connectivity index is 1.84. The molecule has 0 unspecified atom stereocenters. The van der Waals surface area contributed by atoms with Gasteiger partial charge in [-0.15, -0.1) is 10.3 Å². The zero-order valence-electron chi connectivity index (χ0n) is 13.3. The Labute approximate surface area is 141 Å². The van der Waals surface area contributed by atoms with Gasteiger partial charge in [0.05, 0.1) is 5.69 Å². The third-order valence-corrected chi connectivity index (χ3v) is 3.98. The van der Waals surface area contributed by atoms with Crippen LogP contribution in [0.2, 0.25) is 0 Å². The van der Waals surface area contributed by atoms with Crippen molar-refractivity contribution in [1.29, 1.82) is 0 Å². The summed E-state index contributed by atoms with van der Waals surface area (Å²) in [6.45, 7) is 5.99. The summed E-state index contributed by atoms with van der Waals surface area (Å²) in [5.74, 6) is 0.919. The molecule has 0 fully saturated rings. The van der Waals surface area contributed by atoms with E-state index in [4.69, 9.17) is 11.6 Å². The summed E-state index contributed by atoms with van der Waals surface area (Å²) in [6, 6.07) is 14.3. The third kappa shape index (κ3) is 3.35. The number of hydrogen-bond donors (Lipinski definition) is 2. The zero-order valence-corrected chi connectivity index (χ0v) is 14.0. The van der Waals surface area contributed by atoms with E-state index in [2.05, 4.69) is 52.9 Å². The monoisotopic (exact) mass is 329 g/mol. The molecule has 6 heteroatoms. The summed E-state index contributed by atoms with van der Waals surface area (Å²) >= 11 is 6.17. The van der Waals surface area contributed by atoms with Gasteiger partial charge in [0.2, 0.25) is 0 Å². The van der Waals surface area contributed by atoms with Crippen LogP contribution in [0.1, 0.15) is 13.8 Å². The number of allylic oxidation sites excluding steroid dienone is 1. The molecule has 1 aliphatic heterocycles. The average molecular weight is 330 g/mol. The third-order valence-electron chi connectivity index (χ3n) is 3.79. The van der Waals surface area contributed by atoms with Crippen LogP contribution in [-0.4, -0.2) is 28.4 Å². The second-order valence-electron chi connectivity index (χ2n) is 5.19. The lowest BCUT2D eigenvalue weighted by atomic mass is 10.1. The van der Waals surface area contributed by atoms with Gasteiger partial charge in [-0.3, -0.25) is 5.43 Å². The first kappa shape index (κ1) is 15.5. The first-order chi connectivity index (χ1) is 11.2. The van der Waals surface area contributed by atoms with Gasteiger partial charge in [0, 0.05) is 24.6 Å². The molecule has 0 atom stereocenters. The summed E-state index contributed by atoms with van der Waals surface area (Å²) in [4.78, 5) is 2.18. The van der Waals surface area contributed by atoms with Gasteiger partial charge in [-0.1, -0.05) is 48.0 Å². The van der Waals surface area contributed by atoms with Gasteiger partial charge in [0.25, 0.3) is 0 Å². The van der Waals surface area contributed by atoms with Crippen LogP contribution in [0, 0.1) is 0 Å². The Morgan fingerprint density at radius 1 is 1.13 bits per heavy atom. The highest BCUT2D eigenvalue weighted by Gasteiger charge is 2.16. The summed E-state index contributed by atoms with van der Waals surface area (Å²) in [6.07, 6.45) is 1.83. The minimum Gasteiger partial charge on any atom is -0.357 e. The van der Waals surface area contributed by atoms with Gasteiger partial charge in [0.1, 0.15) is 5.82 Å². The summed E-state index contributed by atoms with van der Waals surface area (Å²) in [5.41, 5.74) is 7.47. The van der Waals surface area contributed by atoms with Crippen LogP contribution in [0.4, 0.5) is 5.69 Å². The molecule has 0 spiro atoms. The van der Waals surface area contributed by atoms with Crippen LogP contribution in [0.15, 0.2) is 59.5 Å². The van der Waals surface area contributed by atoms with E-state index in [-0.39, 0.29) is 0 Å². The topological polar surface area (TPSA) is 42.9 Å². The van der Waals surface area contributed by atoms with Crippen molar-refractivity contribution in [2.45, 2.75) is 13.8 Å².